The Hall–Kier alpha value is 0.394. The SMILES string of the molecule is CCCOC1CO1.CCCOCCO.CCCOCO.CCCOCO.[Ti]. The van der Waals surface area contributed by atoms with Crippen molar-refractivity contribution in [1.82, 2.24) is 0 Å². The van der Waals surface area contributed by atoms with Crippen molar-refractivity contribution in [2.45, 2.75) is 59.7 Å². The maximum absolute atomic E-state index is 8.17. The predicted molar refractivity (Wildman–Crippen MR) is 101 cm³/mol. The molecule has 1 fully saturated rings. The molecule has 0 radical (unpaired) electrons. The van der Waals surface area contributed by atoms with Crippen LogP contribution < -0.4 is 0 Å². The number of aliphatic hydroxyl groups excluding tert-OH is 3. The number of hydrogen-bond acceptors (Lipinski definition) is 8. The van der Waals surface area contributed by atoms with E-state index in [0.717, 1.165) is 45.5 Å². The van der Waals surface area contributed by atoms with E-state index in [1.807, 2.05) is 20.8 Å². The molecule has 27 heavy (non-hydrogen) atoms. The zero-order chi connectivity index (χ0) is 20.3. The van der Waals surface area contributed by atoms with Crippen LogP contribution in [0.15, 0.2) is 0 Å². The smallest absolute Gasteiger partial charge is 0.181 e. The molecular formula is C18H42O8Ti. The minimum atomic E-state index is -0.145. The van der Waals surface area contributed by atoms with E-state index >= 15 is 0 Å². The van der Waals surface area contributed by atoms with E-state index in [2.05, 4.69) is 16.4 Å². The van der Waals surface area contributed by atoms with Gasteiger partial charge in [-0.15, -0.1) is 0 Å². The van der Waals surface area contributed by atoms with Crippen molar-refractivity contribution in [3.63, 3.8) is 0 Å². The summed E-state index contributed by atoms with van der Waals surface area (Å²) in [5.74, 6) is 0. The average molecular weight is 434 g/mol. The first-order chi connectivity index (χ1) is 12.7. The molecule has 0 saturated carbocycles. The van der Waals surface area contributed by atoms with E-state index in [1.165, 1.54) is 0 Å². The second kappa shape index (κ2) is 37.2. The van der Waals surface area contributed by atoms with E-state index in [9.17, 15) is 0 Å². The third-order valence-electron chi connectivity index (χ3n) is 2.27. The molecule has 0 amide bonds. The number of epoxide rings is 1. The van der Waals surface area contributed by atoms with E-state index in [0.29, 0.717) is 19.8 Å². The number of rotatable bonds is 13. The maximum atomic E-state index is 8.17. The van der Waals surface area contributed by atoms with Gasteiger partial charge in [0.25, 0.3) is 0 Å². The van der Waals surface area contributed by atoms with Gasteiger partial charge in [-0.3, -0.25) is 0 Å². The molecule has 1 unspecified atom stereocenters. The molecule has 8 nitrogen and oxygen atoms in total. The molecule has 9 heteroatoms. The molecule has 1 heterocycles. The molecule has 0 aliphatic carbocycles. The van der Waals surface area contributed by atoms with Crippen molar-refractivity contribution in [3.05, 3.63) is 0 Å². The van der Waals surface area contributed by atoms with Gasteiger partial charge in [0.2, 0.25) is 0 Å². The van der Waals surface area contributed by atoms with Gasteiger partial charge in [-0.2, -0.15) is 0 Å². The first-order valence-electron chi connectivity index (χ1n) is 9.47. The Kier molecular flexibility index (Phi) is 48.0. The first kappa shape index (κ1) is 34.9. The fourth-order valence-electron chi connectivity index (χ4n) is 1.11. The van der Waals surface area contributed by atoms with Crippen LogP contribution in [0.1, 0.15) is 53.4 Å². The molecule has 0 aromatic heterocycles. The van der Waals surface area contributed by atoms with Crippen molar-refractivity contribution in [2.75, 3.05) is 59.8 Å². The van der Waals surface area contributed by atoms with Crippen LogP contribution in [-0.2, 0) is 45.4 Å². The summed E-state index contributed by atoms with van der Waals surface area (Å²) in [7, 11) is 0. The van der Waals surface area contributed by atoms with Crippen molar-refractivity contribution < 1.29 is 60.7 Å². The normalized spacial score (nSPS) is 13.7. The van der Waals surface area contributed by atoms with Gasteiger partial charge in [-0.05, 0) is 25.7 Å². The number of aliphatic hydroxyl groups is 3. The largest absolute Gasteiger partial charge is 0.394 e. The van der Waals surface area contributed by atoms with Crippen LogP contribution >= 0.6 is 0 Å². The van der Waals surface area contributed by atoms with Crippen molar-refractivity contribution in [2.24, 2.45) is 0 Å². The minimum absolute atomic E-state index is 0. The number of ether oxygens (including phenoxy) is 5. The van der Waals surface area contributed by atoms with Crippen molar-refractivity contribution >= 4 is 0 Å². The van der Waals surface area contributed by atoms with E-state index in [1.54, 1.807) is 0 Å². The summed E-state index contributed by atoms with van der Waals surface area (Å²) < 4.78 is 23.8. The van der Waals surface area contributed by atoms with Gasteiger partial charge >= 0.3 is 0 Å². The Morgan fingerprint density at radius 3 is 1.37 bits per heavy atom. The van der Waals surface area contributed by atoms with Crippen LogP contribution in [0, 0.1) is 0 Å². The molecule has 1 atom stereocenters. The van der Waals surface area contributed by atoms with Crippen molar-refractivity contribution in [3.8, 4) is 0 Å². The summed E-state index contributed by atoms with van der Waals surface area (Å²) in [6.07, 6.45) is 4.21. The van der Waals surface area contributed by atoms with E-state index in [-0.39, 0.29) is 48.2 Å². The molecule has 0 aromatic carbocycles. The Bertz CT molecular complexity index is 190. The molecule has 1 rings (SSSR count). The van der Waals surface area contributed by atoms with Crippen LogP contribution in [0.3, 0.4) is 0 Å². The molecular weight excluding hydrogens is 392 g/mol. The summed E-state index contributed by atoms with van der Waals surface area (Å²) in [6.45, 7) is 12.2. The van der Waals surface area contributed by atoms with Crippen LogP contribution in [0.2, 0.25) is 0 Å². The van der Waals surface area contributed by atoms with Gasteiger partial charge < -0.3 is 39.0 Å². The number of hydrogen-bond donors (Lipinski definition) is 3. The molecule has 1 aliphatic heterocycles. The molecule has 0 bridgehead atoms. The van der Waals surface area contributed by atoms with Gasteiger partial charge in [-0.25, -0.2) is 0 Å². The van der Waals surface area contributed by atoms with Gasteiger partial charge in [0, 0.05) is 48.1 Å². The van der Waals surface area contributed by atoms with Gasteiger partial charge in [0.05, 0.1) is 13.2 Å². The van der Waals surface area contributed by atoms with Gasteiger partial charge in [0.1, 0.15) is 20.2 Å². The summed E-state index contributed by atoms with van der Waals surface area (Å²) in [6, 6.07) is 0. The molecule has 0 aromatic rings. The van der Waals surface area contributed by atoms with E-state index in [4.69, 9.17) is 29.5 Å². The Labute approximate surface area is 180 Å². The second-order valence-electron chi connectivity index (χ2n) is 5.04. The summed E-state index contributed by atoms with van der Waals surface area (Å²) >= 11 is 0. The van der Waals surface area contributed by atoms with Gasteiger partial charge in [0.15, 0.2) is 6.29 Å². The average Bonchev–Trinajstić information content (AvgIpc) is 3.49. The maximum Gasteiger partial charge on any atom is 0.181 e. The standard InChI is InChI=1S/C5H10O2.C5H12O2.2C4H10O2.Ti/c1-2-3-6-5-4-7-5;1-2-4-7-5-3-6;2*1-2-3-6-4-5;/h5H,2-4H2,1H3;6H,2-5H2,1H3;2*5H,2-4H2,1H3;. The van der Waals surface area contributed by atoms with E-state index < -0.39 is 0 Å². The fourth-order valence-corrected chi connectivity index (χ4v) is 1.11. The molecule has 166 valence electrons. The Morgan fingerprint density at radius 1 is 0.704 bits per heavy atom. The van der Waals surface area contributed by atoms with Crippen LogP contribution in [0.4, 0.5) is 0 Å². The second-order valence-corrected chi connectivity index (χ2v) is 5.04. The molecule has 3 N–H and O–H groups in total. The zero-order valence-corrected chi connectivity index (χ0v) is 19.2. The third-order valence-corrected chi connectivity index (χ3v) is 2.27. The molecule has 1 saturated heterocycles. The molecule has 1 aliphatic rings. The van der Waals surface area contributed by atoms with Crippen LogP contribution in [-0.4, -0.2) is 81.4 Å². The topological polar surface area (TPSA) is 110 Å². The summed E-state index contributed by atoms with van der Waals surface area (Å²) in [5.41, 5.74) is 0. The first-order valence-corrected chi connectivity index (χ1v) is 9.47. The zero-order valence-electron chi connectivity index (χ0n) is 17.7. The minimum Gasteiger partial charge on any atom is -0.394 e. The van der Waals surface area contributed by atoms with Gasteiger partial charge in [-0.1, -0.05) is 27.7 Å². The quantitative estimate of drug-likeness (QED) is 0.175. The van der Waals surface area contributed by atoms with Crippen LogP contribution in [0.25, 0.3) is 0 Å². The monoisotopic (exact) mass is 434 g/mol. The summed E-state index contributed by atoms with van der Waals surface area (Å²) in [5, 5.41) is 24.1. The third kappa shape index (κ3) is 51.9. The fraction of sp³-hybridized carbons (Fsp3) is 1.00. The predicted octanol–water partition coefficient (Wildman–Crippen LogP) is 1.90. The van der Waals surface area contributed by atoms with Crippen molar-refractivity contribution in [1.29, 1.82) is 0 Å². The van der Waals surface area contributed by atoms with Crippen LogP contribution in [0.5, 0.6) is 0 Å². The summed E-state index contributed by atoms with van der Waals surface area (Å²) in [4.78, 5) is 0. The molecule has 0 spiro atoms. The Balaban J connectivity index is -0.000000130. The Morgan fingerprint density at radius 2 is 1.11 bits per heavy atom.